The van der Waals surface area contributed by atoms with Gasteiger partial charge in [-0.1, -0.05) is 60.7 Å². The summed E-state index contributed by atoms with van der Waals surface area (Å²) in [5.74, 6) is 0. The van der Waals surface area contributed by atoms with Crippen molar-refractivity contribution in [3.63, 3.8) is 0 Å². The van der Waals surface area contributed by atoms with E-state index in [1.165, 1.54) is 0 Å². The second-order valence-corrected chi connectivity index (χ2v) is 7.09. The molecule has 0 saturated carbocycles. The number of carbonyl (C=O) groups excluding carboxylic acids is 1. The number of amides is 1. The maximum atomic E-state index is 11.5. The summed E-state index contributed by atoms with van der Waals surface area (Å²) < 4.78 is 0. The number of hydrogen-bond acceptors (Lipinski definition) is 3. The first kappa shape index (κ1) is 17.4. The predicted octanol–water partition coefficient (Wildman–Crippen LogP) is 4.36. The molecule has 4 heteroatoms. The minimum atomic E-state index is -0.731. The van der Waals surface area contributed by atoms with E-state index in [4.69, 9.17) is 0 Å². The van der Waals surface area contributed by atoms with Crippen LogP contribution in [0.4, 0.5) is 0 Å². The Morgan fingerprint density at radius 1 is 0.840 bits per heavy atom. The van der Waals surface area contributed by atoms with Gasteiger partial charge in [-0.2, -0.15) is 11.3 Å². The first-order chi connectivity index (χ1) is 12.2. The number of carbonyl (C=O) groups is 1. The molecule has 128 valence electrons. The molecule has 1 N–H and O–H groups in total. The maximum absolute atomic E-state index is 11.5. The van der Waals surface area contributed by atoms with Crippen LogP contribution in [0, 0.1) is 0 Å². The number of hydroxylamine groups is 2. The third kappa shape index (κ3) is 4.35. The first-order valence-corrected chi connectivity index (χ1v) is 9.19. The van der Waals surface area contributed by atoms with Crippen LogP contribution in [0.3, 0.4) is 0 Å². The second-order valence-electron chi connectivity index (χ2n) is 6.31. The van der Waals surface area contributed by atoms with Gasteiger partial charge in [-0.25, -0.2) is 5.06 Å². The Hall–Kier alpha value is -2.43. The van der Waals surface area contributed by atoms with Crippen molar-refractivity contribution in [1.29, 1.82) is 0 Å². The van der Waals surface area contributed by atoms with Crippen LogP contribution in [0.1, 0.15) is 16.7 Å². The van der Waals surface area contributed by atoms with Gasteiger partial charge in [0.2, 0.25) is 6.41 Å². The molecule has 1 amide bonds. The number of hydrogen-bond donors (Lipinski definition) is 1. The molecule has 3 nitrogen and oxygen atoms in total. The molecule has 0 aliphatic heterocycles. The van der Waals surface area contributed by atoms with E-state index in [1.54, 1.807) is 11.3 Å². The van der Waals surface area contributed by atoms with Crippen molar-refractivity contribution in [3.05, 3.63) is 94.2 Å². The predicted molar refractivity (Wildman–Crippen MR) is 101 cm³/mol. The van der Waals surface area contributed by atoms with Gasteiger partial charge in [-0.3, -0.25) is 10.0 Å². The third-order valence-electron chi connectivity index (χ3n) is 4.45. The van der Waals surface area contributed by atoms with Crippen LogP contribution < -0.4 is 0 Å². The second kappa shape index (κ2) is 8.10. The van der Waals surface area contributed by atoms with E-state index in [0.29, 0.717) is 25.7 Å². The van der Waals surface area contributed by atoms with Crippen LogP contribution >= 0.6 is 11.3 Å². The Labute approximate surface area is 152 Å². The summed E-state index contributed by atoms with van der Waals surface area (Å²) in [6.07, 6.45) is 2.27. The van der Waals surface area contributed by atoms with Crippen LogP contribution in [-0.2, 0) is 24.1 Å². The maximum Gasteiger partial charge on any atom is 0.233 e. The summed E-state index contributed by atoms with van der Waals surface area (Å²) in [5.41, 5.74) is 2.58. The zero-order chi connectivity index (χ0) is 17.5. The lowest BCUT2D eigenvalue weighted by Crippen LogP contribution is -2.51. The molecular formula is C21H21NO2S. The fourth-order valence-electron chi connectivity index (χ4n) is 3.27. The van der Waals surface area contributed by atoms with Gasteiger partial charge in [0.1, 0.15) is 0 Å². The molecular weight excluding hydrogens is 330 g/mol. The molecule has 0 aliphatic carbocycles. The van der Waals surface area contributed by atoms with E-state index in [0.717, 1.165) is 21.8 Å². The van der Waals surface area contributed by atoms with E-state index in [-0.39, 0.29) is 0 Å². The van der Waals surface area contributed by atoms with Crippen molar-refractivity contribution < 1.29 is 10.0 Å². The standard InChI is InChI=1S/C21H21NO2S/c23-17-22(24)21(15-20-11-12-25-16-20,13-18-7-3-1-4-8-18)14-19-9-5-2-6-10-19/h1-12,16-17,24H,13-15H2. The monoisotopic (exact) mass is 351 g/mol. The summed E-state index contributed by atoms with van der Waals surface area (Å²) in [6.45, 7) is 0. The van der Waals surface area contributed by atoms with Crippen LogP contribution in [0.15, 0.2) is 77.5 Å². The number of rotatable bonds is 8. The van der Waals surface area contributed by atoms with Crippen molar-refractivity contribution in [1.82, 2.24) is 5.06 Å². The quantitative estimate of drug-likeness (QED) is 0.372. The smallest absolute Gasteiger partial charge is 0.233 e. The molecule has 0 spiro atoms. The van der Waals surface area contributed by atoms with Crippen molar-refractivity contribution in [2.75, 3.05) is 0 Å². The highest BCUT2D eigenvalue weighted by Crippen LogP contribution is 2.29. The van der Waals surface area contributed by atoms with Crippen molar-refractivity contribution in [2.24, 2.45) is 0 Å². The summed E-state index contributed by atoms with van der Waals surface area (Å²) >= 11 is 1.62. The Bertz CT molecular complexity index is 731. The number of nitrogens with zero attached hydrogens (tertiary/aromatic N) is 1. The average Bonchev–Trinajstić information content (AvgIpc) is 3.15. The summed E-state index contributed by atoms with van der Waals surface area (Å²) in [6, 6.07) is 22.1. The third-order valence-corrected chi connectivity index (χ3v) is 5.18. The Morgan fingerprint density at radius 2 is 1.36 bits per heavy atom. The SMILES string of the molecule is O=CN(O)C(Cc1ccccc1)(Cc1ccccc1)Cc1ccsc1. The highest BCUT2D eigenvalue weighted by molar-refractivity contribution is 7.07. The zero-order valence-electron chi connectivity index (χ0n) is 13.9. The molecule has 2 aromatic carbocycles. The lowest BCUT2D eigenvalue weighted by atomic mass is 9.80. The molecule has 0 fully saturated rings. The molecule has 0 unspecified atom stereocenters. The van der Waals surface area contributed by atoms with Gasteiger partial charge in [-0.15, -0.1) is 0 Å². The lowest BCUT2D eigenvalue weighted by Gasteiger charge is -2.38. The summed E-state index contributed by atoms with van der Waals surface area (Å²) in [5, 5.41) is 15.5. The average molecular weight is 351 g/mol. The van der Waals surface area contributed by atoms with Gasteiger partial charge in [-0.05, 0) is 52.8 Å². The van der Waals surface area contributed by atoms with Crippen molar-refractivity contribution in [3.8, 4) is 0 Å². The van der Waals surface area contributed by atoms with Gasteiger partial charge >= 0.3 is 0 Å². The fourth-order valence-corrected chi connectivity index (χ4v) is 3.94. The Balaban J connectivity index is 2.00. The summed E-state index contributed by atoms with van der Waals surface area (Å²) in [7, 11) is 0. The molecule has 0 radical (unpaired) electrons. The number of benzene rings is 2. The molecule has 1 heterocycles. The number of thiophene rings is 1. The van der Waals surface area contributed by atoms with Gasteiger partial charge in [0.05, 0.1) is 5.54 Å². The molecule has 0 atom stereocenters. The normalized spacial score (nSPS) is 11.2. The molecule has 0 saturated heterocycles. The minimum absolute atomic E-state index is 0.526. The largest absolute Gasteiger partial charge is 0.286 e. The van der Waals surface area contributed by atoms with Crippen molar-refractivity contribution in [2.45, 2.75) is 24.8 Å². The van der Waals surface area contributed by atoms with E-state index in [9.17, 15) is 10.0 Å². The molecule has 25 heavy (non-hydrogen) atoms. The first-order valence-electron chi connectivity index (χ1n) is 8.24. The molecule has 0 bridgehead atoms. The Kier molecular flexibility index (Phi) is 5.64. The van der Waals surface area contributed by atoms with E-state index < -0.39 is 5.54 Å². The van der Waals surface area contributed by atoms with Gasteiger partial charge in [0.15, 0.2) is 0 Å². The molecule has 3 rings (SSSR count). The summed E-state index contributed by atoms with van der Waals surface area (Å²) in [4.78, 5) is 11.5. The molecule has 0 aliphatic rings. The van der Waals surface area contributed by atoms with Gasteiger partial charge in [0.25, 0.3) is 0 Å². The molecule has 1 aromatic heterocycles. The zero-order valence-corrected chi connectivity index (χ0v) is 14.7. The minimum Gasteiger partial charge on any atom is -0.286 e. The van der Waals surface area contributed by atoms with Gasteiger partial charge in [0, 0.05) is 0 Å². The highest BCUT2D eigenvalue weighted by Gasteiger charge is 2.37. The lowest BCUT2D eigenvalue weighted by molar-refractivity contribution is -0.180. The van der Waals surface area contributed by atoms with Crippen LogP contribution in [0.2, 0.25) is 0 Å². The van der Waals surface area contributed by atoms with Crippen LogP contribution in [0.25, 0.3) is 0 Å². The van der Waals surface area contributed by atoms with E-state index in [1.807, 2.05) is 72.1 Å². The Morgan fingerprint density at radius 3 is 1.80 bits per heavy atom. The van der Waals surface area contributed by atoms with E-state index in [2.05, 4.69) is 5.38 Å². The van der Waals surface area contributed by atoms with E-state index >= 15 is 0 Å². The van der Waals surface area contributed by atoms with Crippen LogP contribution in [-0.4, -0.2) is 22.2 Å². The van der Waals surface area contributed by atoms with Crippen LogP contribution in [0.5, 0.6) is 0 Å². The van der Waals surface area contributed by atoms with Gasteiger partial charge < -0.3 is 0 Å². The highest BCUT2D eigenvalue weighted by atomic mass is 32.1. The molecule has 3 aromatic rings. The fraction of sp³-hybridized carbons (Fsp3) is 0.190. The van der Waals surface area contributed by atoms with Crippen molar-refractivity contribution >= 4 is 17.7 Å². The topological polar surface area (TPSA) is 40.5 Å².